The molecule has 0 heterocycles. The molecule has 6 heteroatoms. The monoisotopic (exact) mass is 293 g/mol. The molecule has 21 heavy (non-hydrogen) atoms. The molecular weight excluding hydrogens is 274 g/mol. The fraction of sp³-hybridized carbons (Fsp3) is 0.400. The van der Waals surface area contributed by atoms with Gasteiger partial charge in [-0.15, -0.1) is 5.48 Å². The van der Waals surface area contributed by atoms with E-state index < -0.39 is 17.7 Å². The van der Waals surface area contributed by atoms with E-state index in [1.807, 2.05) is 5.48 Å². The quantitative estimate of drug-likeness (QED) is 0.681. The number of ether oxygens (including phenoxy) is 1. The first-order chi connectivity index (χ1) is 9.78. The van der Waals surface area contributed by atoms with E-state index in [0.717, 1.165) is 0 Å². The predicted octanol–water partition coefficient (Wildman–Crippen LogP) is 2.63. The number of hydrogen-bond donors (Lipinski definition) is 1. The third-order valence-electron chi connectivity index (χ3n) is 2.30. The fourth-order valence-corrected chi connectivity index (χ4v) is 1.43. The Morgan fingerprint density at radius 3 is 2.24 bits per heavy atom. The highest BCUT2D eigenvalue weighted by molar-refractivity contribution is 5.97. The van der Waals surface area contributed by atoms with Crippen LogP contribution in [-0.2, 0) is 14.4 Å². The lowest BCUT2D eigenvalue weighted by Crippen LogP contribution is -2.34. The Balaban J connectivity index is 2.29. The Morgan fingerprint density at radius 2 is 1.67 bits per heavy atom. The topological polar surface area (TPSA) is 81.7 Å². The Bertz CT molecular complexity index is 505. The minimum Gasteiger partial charge on any atom is -0.442 e. The SMILES string of the molecule is CC(C)(C)OC(=O)NOC(=O)CCC(=O)c1ccccc1. The van der Waals surface area contributed by atoms with Crippen LogP contribution >= 0.6 is 0 Å². The highest BCUT2D eigenvalue weighted by Gasteiger charge is 2.17. The Labute approximate surface area is 123 Å². The average Bonchev–Trinajstić information content (AvgIpc) is 2.41. The molecule has 0 saturated carbocycles. The number of amides is 1. The highest BCUT2D eigenvalue weighted by atomic mass is 16.7. The molecule has 114 valence electrons. The van der Waals surface area contributed by atoms with Crippen LogP contribution in [0.4, 0.5) is 4.79 Å². The summed E-state index contributed by atoms with van der Waals surface area (Å²) < 4.78 is 4.89. The molecule has 0 aliphatic heterocycles. The largest absolute Gasteiger partial charge is 0.442 e. The second-order valence-corrected chi connectivity index (χ2v) is 5.37. The highest BCUT2D eigenvalue weighted by Crippen LogP contribution is 2.07. The number of Topliss-reactive ketones (excluding diaryl/α,β-unsaturated/α-hetero) is 1. The molecule has 1 aromatic carbocycles. The number of ketones is 1. The lowest BCUT2D eigenvalue weighted by atomic mass is 10.1. The molecule has 0 unspecified atom stereocenters. The molecule has 0 aliphatic rings. The molecule has 0 aromatic heterocycles. The first kappa shape index (κ1) is 16.7. The summed E-state index contributed by atoms with van der Waals surface area (Å²) in [4.78, 5) is 38.9. The van der Waals surface area contributed by atoms with Crippen LogP contribution in [0.3, 0.4) is 0 Å². The van der Waals surface area contributed by atoms with E-state index >= 15 is 0 Å². The molecule has 0 spiro atoms. The summed E-state index contributed by atoms with van der Waals surface area (Å²) in [6, 6.07) is 8.64. The first-order valence-electron chi connectivity index (χ1n) is 6.55. The van der Waals surface area contributed by atoms with Crippen molar-refractivity contribution in [2.45, 2.75) is 39.2 Å². The molecule has 1 amide bonds. The fourth-order valence-electron chi connectivity index (χ4n) is 1.43. The van der Waals surface area contributed by atoms with Gasteiger partial charge in [0.15, 0.2) is 5.78 Å². The molecule has 0 atom stereocenters. The van der Waals surface area contributed by atoms with Gasteiger partial charge in [0.05, 0.1) is 6.42 Å². The van der Waals surface area contributed by atoms with Gasteiger partial charge >= 0.3 is 12.1 Å². The summed E-state index contributed by atoms with van der Waals surface area (Å²) in [7, 11) is 0. The van der Waals surface area contributed by atoms with Crippen LogP contribution in [0.1, 0.15) is 44.0 Å². The van der Waals surface area contributed by atoms with E-state index in [2.05, 4.69) is 4.84 Å². The predicted molar refractivity (Wildman–Crippen MR) is 75.5 cm³/mol. The third kappa shape index (κ3) is 7.10. The van der Waals surface area contributed by atoms with Crippen LogP contribution in [0, 0.1) is 0 Å². The molecule has 1 aromatic rings. The molecule has 0 saturated heterocycles. The smallest absolute Gasteiger partial charge is 0.441 e. The number of carbonyl (C=O) groups excluding carboxylic acids is 3. The van der Waals surface area contributed by atoms with Crippen molar-refractivity contribution in [1.29, 1.82) is 0 Å². The average molecular weight is 293 g/mol. The van der Waals surface area contributed by atoms with Gasteiger partial charge in [0.1, 0.15) is 5.60 Å². The maximum absolute atomic E-state index is 11.8. The van der Waals surface area contributed by atoms with Crippen molar-refractivity contribution in [2.24, 2.45) is 0 Å². The summed E-state index contributed by atoms with van der Waals surface area (Å²) in [5.41, 5.74) is 1.73. The summed E-state index contributed by atoms with van der Waals surface area (Å²) >= 11 is 0. The van der Waals surface area contributed by atoms with Crippen molar-refractivity contribution in [3.63, 3.8) is 0 Å². The van der Waals surface area contributed by atoms with Crippen molar-refractivity contribution in [1.82, 2.24) is 5.48 Å². The van der Waals surface area contributed by atoms with Gasteiger partial charge in [-0.3, -0.25) is 4.79 Å². The standard InChI is InChI=1S/C15H19NO5/c1-15(2,3)20-14(19)16-21-13(18)10-9-12(17)11-7-5-4-6-8-11/h4-8H,9-10H2,1-3H3,(H,16,19). The van der Waals surface area contributed by atoms with E-state index in [1.165, 1.54) is 0 Å². The van der Waals surface area contributed by atoms with Gasteiger partial charge in [0, 0.05) is 12.0 Å². The Kier molecular flexibility index (Phi) is 5.90. The van der Waals surface area contributed by atoms with Crippen molar-refractivity contribution in [2.75, 3.05) is 0 Å². The van der Waals surface area contributed by atoms with Gasteiger partial charge < -0.3 is 9.57 Å². The molecule has 0 radical (unpaired) electrons. The summed E-state index contributed by atoms with van der Waals surface area (Å²) in [5, 5.41) is 0. The summed E-state index contributed by atoms with van der Waals surface area (Å²) in [6.45, 7) is 5.06. The van der Waals surface area contributed by atoms with Crippen molar-refractivity contribution in [3.05, 3.63) is 35.9 Å². The lowest BCUT2D eigenvalue weighted by molar-refractivity contribution is -0.150. The molecule has 0 aliphatic carbocycles. The number of rotatable bonds is 4. The molecular formula is C15H19NO5. The van der Waals surface area contributed by atoms with E-state index in [0.29, 0.717) is 5.56 Å². The Hall–Kier alpha value is -2.37. The van der Waals surface area contributed by atoms with Gasteiger partial charge in [-0.25, -0.2) is 9.59 Å². The number of carbonyl (C=O) groups is 3. The van der Waals surface area contributed by atoms with Crippen molar-refractivity contribution in [3.8, 4) is 0 Å². The van der Waals surface area contributed by atoms with Gasteiger partial charge in [0.25, 0.3) is 0 Å². The van der Waals surface area contributed by atoms with Gasteiger partial charge in [-0.1, -0.05) is 30.3 Å². The maximum atomic E-state index is 11.8. The zero-order chi connectivity index (χ0) is 15.9. The van der Waals surface area contributed by atoms with Crippen molar-refractivity contribution >= 4 is 17.8 Å². The second-order valence-electron chi connectivity index (χ2n) is 5.37. The van der Waals surface area contributed by atoms with E-state index in [-0.39, 0.29) is 18.6 Å². The van der Waals surface area contributed by atoms with Crippen LogP contribution in [-0.4, -0.2) is 23.4 Å². The van der Waals surface area contributed by atoms with E-state index in [9.17, 15) is 14.4 Å². The van der Waals surface area contributed by atoms with Crippen LogP contribution in [0.2, 0.25) is 0 Å². The molecule has 1 N–H and O–H groups in total. The van der Waals surface area contributed by atoms with Crippen LogP contribution in [0.25, 0.3) is 0 Å². The minimum atomic E-state index is -0.856. The second kappa shape index (κ2) is 7.42. The van der Waals surface area contributed by atoms with Crippen LogP contribution in [0.15, 0.2) is 30.3 Å². The Morgan fingerprint density at radius 1 is 1.05 bits per heavy atom. The van der Waals surface area contributed by atoms with Gasteiger partial charge in [-0.05, 0) is 20.8 Å². The van der Waals surface area contributed by atoms with E-state index in [4.69, 9.17) is 4.74 Å². The zero-order valence-corrected chi connectivity index (χ0v) is 12.3. The zero-order valence-electron chi connectivity index (χ0n) is 12.3. The van der Waals surface area contributed by atoms with E-state index in [1.54, 1.807) is 51.1 Å². The third-order valence-corrected chi connectivity index (χ3v) is 2.30. The molecule has 0 fully saturated rings. The maximum Gasteiger partial charge on any atom is 0.441 e. The summed E-state index contributed by atoms with van der Waals surface area (Å²) in [6.07, 6.45) is -0.965. The lowest BCUT2D eigenvalue weighted by Gasteiger charge is -2.19. The summed E-state index contributed by atoms with van der Waals surface area (Å²) in [5.74, 6) is -0.866. The number of hydroxylamine groups is 1. The molecule has 0 bridgehead atoms. The number of benzene rings is 1. The number of nitrogens with one attached hydrogen (secondary N) is 1. The van der Waals surface area contributed by atoms with Crippen LogP contribution in [0.5, 0.6) is 0 Å². The van der Waals surface area contributed by atoms with Gasteiger partial charge in [-0.2, -0.15) is 0 Å². The molecule has 6 nitrogen and oxygen atoms in total. The molecule has 1 rings (SSSR count). The first-order valence-corrected chi connectivity index (χ1v) is 6.55. The van der Waals surface area contributed by atoms with Crippen molar-refractivity contribution < 1.29 is 24.0 Å². The number of hydrogen-bond acceptors (Lipinski definition) is 5. The minimum absolute atomic E-state index is 0.0127. The normalized spacial score (nSPS) is 10.6. The van der Waals surface area contributed by atoms with Crippen LogP contribution < -0.4 is 5.48 Å². The van der Waals surface area contributed by atoms with Gasteiger partial charge in [0.2, 0.25) is 0 Å².